The second-order valence-corrected chi connectivity index (χ2v) is 8.69. The van der Waals surface area contributed by atoms with Gasteiger partial charge in [0.2, 0.25) is 5.78 Å². The Morgan fingerprint density at radius 1 is 1.07 bits per heavy atom. The molecule has 0 bridgehead atoms. The van der Waals surface area contributed by atoms with Crippen LogP contribution in [0.4, 0.5) is 0 Å². The molecule has 1 N–H and O–H groups in total. The number of carbonyl (C=O) groups excluding carboxylic acids is 2. The first kappa shape index (κ1) is 22.1. The molecule has 1 aliphatic rings. The van der Waals surface area contributed by atoms with Crippen molar-refractivity contribution in [2.75, 3.05) is 27.2 Å². The highest BCUT2D eigenvalue weighted by Crippen LogP contribution is 2.38. The van der Waals surface area contributed by atoms with Gasteiger partial charge in [0.1, 0.15) is 0 Å². The number of likely N-dealkylation sites (tertiary alicyclic amines) is 1. The van der Waals surface area contributed by atoms with E-state index in [9.17, 15) is 14.7 Å². The van der Waals surface area contributed by atoms with E-state index in [0.29, 0.717) is 29.6 Å². The van der Waals surface area contributed by atoms with Crippen molar-refractivity contribution < 1.29 is 19.6 Å². The SMILES string of the molecule is CC(C)c1ccc(C2C(=C([O-])c3ccc(Cl)cc3)C(=O)C(=O)N2CC[NH+](C)C)cc1. The normalized spacial score (nSPS) is 18.6. The van der Waals surface area contributed by atoms with Gasteiger partial charge in [-0.3, -0.25) is 9.59 Å². The van der Waals surface area contributed by atoms with Crippen LogP contribution in [-0.4, -0.2) is 43.8 Å². The Morgan fingerprint density at radius 3 is 2.20 bits per heavy atom. The van der Waals surface area contributed by atoms with Gasteiger partial charge in [0, 0.05) is 10.6 Å². The van der Waals surface area contributed by atoms with Crippen molar-refractivity contribution in [3.63, 3.8) is 0 Å². The zero-order chi connectivity index (χ0) is 22.0. The first-order valence-electron chi connectivity index (χ1n) is 10.1. The van der Waals surface area contributed by atoms with Gasteiger partial charge in [-0.15, -0.1) is 0 Å². The van der Waals surface area contributed by atoms with Crippen LogP contribution in [0.1, 0.15) is 42.5 Å². The number of likely N-dealkylation sites (N-methyl/N-ethyl adjacent to an activating group) is 1. The number of quaternary nitrogens is 1. The molecule has 30 heavy (non-hydrogen) atoms. The summed E-state index contributed by atoms with van der Waals surface area (Å²) in [7, 11) is 3.97. The molecule has 1 saturated heterocycles. The summed E-state index contributed by atoms with van der Waals surface area (Å²) in [6.45, 7) is 5.26. The van der Waals surface area contributed by atoms with E-state index in [2.05, 4.69) is 13.8 Å². The van der Waals surface area contributed by atoms with Crippen molar-refractivity contribution in [2.45, 2.75) is 25.8 Å². The molecule has 3 rings (SSSR count). The number of carbonyl (C=O) groups is 2. The van der Waals surface area contributed by atoms with Crippen LogP contribution in [0.2, 0.25) is 5.02 Å². The zero-order valence-electron chi connectivity index (χ0n) is 17.7. The number of Topliss-reactive ketones (excluding diaryl/α,β-unsaturated/α-hetero) is 1. The molecule has 0 aromatic heterocycles. The lowest BCUT2D eigenvalue weighted by molar-refractivity contribution is -0.857. The van der Waals surface area contributed by atoms with Crippen molar-refractivity contribution in [1.29, 1.82) is 0 Å². The Labute approximate surface area is 182 Å². The van der Waals surface area contributed by atoms with Gasteiger partial charge < -0.3 is 14.9 Å². The van der Waals surface area contributed by atoms with Crippen molar-refractivity contribution in [3.8, 4) is 0 Å². The van der Waals surface area contributed by atoms with Gasteiger partial charge in [-0.25, -0.2) is 0 Å². The van der Waals surface area contributed by atoms with Crippen LogP contribution in [0.5, 0.6) is 0 Å². The summed E-state index contributed by atoms with van der Waals surface area (Å²) < 4.78 is 0. The van der Waals surface area contributed by atoms with E-state index in [1.165, 1.54) is 4.90 Å². The average Bonchev–Trinajstić information content (AvgIpc) is 2.97. The molecule has 1 unspecified atom stereocenters. The third-order valence-corrected chi connectivity index (χ3v) is 5.66. The van der Waals surface area contributed by atoms with Crippen LogP contribution in [0.25, 0.3) is 5.76 Å². The summed E-state index contributed by atoms with van der Waals surface area (Å²) >= 11 is 5.94. The van der Waals surface area contributed by atoms with Crippen LogP contribution in [0, 0.1) is 0 Å². The predicted molar refractivity (Wildman–Crippen MR) is 116 cm³/mol. The third-order valence-electron chi connectivity index (χ3n) is 5.41. The second kappa shape index (κ2) is 9.02. The maximum absolute atomic E-state index is 13.3. The summed E-state index contributed by atoms with van der Waals surface area (Å²) in [6.07, 6.45) is 0. The molecule has 1 aliphatic heterocycles. The molecule has 1 amide bonds. The summed E-state index contributed by atoms with van der Waals surface area (Å²) in [6, 6.07) is 13.5. The van der Waals surface area contributed by atoms with Crippen molar-refractivity contribution in [1.82, 2.24) is 4.90 Å². The molecule has 0 spiro atoms. The molecule has 0 radical (unpaired) electrons. The molecular weight excluding hydrogens is 400 g/mol. The van der Waals surface area contributed by atoms with Crippen LogP contribution >= 0.6 is 11.6 Å². The monoisotopic (exact) mass is 426 g/mol. The van der Waals surface area contributed by atoms with Crippen LogP contribution < -0.4 is 10.0 Å². The third kappa shape index (κ3) is 4.42. The number of rotatable bonds is 6. The van der Waals surface area contributed by atoms with Gasteiger partial charge in [0.15, 0.2) is 0 Å². The van der Waals surface area contributed by atoms with Gasteiger partial charge in [-0.2, -0.15) is 0 Å². The van der Waals surface area contributed by atoms with Crippen molar-refractivity contribution >= 4 is 29.1 Å². The van der Waals surface area contributed by atoms with Crippen LogP contribution in [-0.2, 0) is 9.59 Å². The Kier molecular flexibility index (Phi) is 6.64. The average molecular weight is 427 g/mol. The number of ketones is 1. The first-order valence-corrected chi connectivity index (χ1v) is 10.5. The Hall–Kier alpha value is -2.63. The molecule has 1 fully saturated rings. The molecule has 0 saturated carbocycles. The molecule has 5 nitrogen and oxygen atoms in total. The maximum Gasteiger partial charge on any atom is 0.295 e. The minimum Gasteiger partial charge on any atom is -0.872 e. The fraction of sp³-hybridized carbons (Fsp3) is 0.333. The minimum absolute atomic E-state index is 0.00776. The highest BCUT2D eigenvalue weighted by atomic mass is 35.5. The molecule has 0 aliphatic carbocycles. The van der Waals surface area contributed by atoms with E-state index in [1.54, 1.807) is 24.3 Å². The number of halogens is 1. The molecule has 6 heteroatoms. The van der Waals surface area contributed by atoms with Crippen LogP contribution in [0.3, 0.4) is 0 Å². The van der Waals surface area contributed by atoms with Gasteiger partial charge in [0.05, 0.1) is 33.2 Å². The maximum atomic E-state index is 13.3. The first-order chi connectivity index (χ1) is 14.2. The number of amides is 1. The fourth-order valence-corrected chi connectivity index (χ4v) is 3.74. The van der Waals surface area contributed by atoms with E-state index in [4.69, 9.17) is 11.6 Å². The number of nitrogens with one attached hydrogen (secondary N) is 1. The van der Waals surface area contributed by atoms with Gasteiger partial charge in [0.25, 0.3) is 5.91 Å². The number of hydrogen-bond donors (Lipinski definition) is 1. The number of nitrogens with zero attached hydrogens (tertiary/aromatic N) is 1. The summed E-state index contributed by atoms with van der Waals surface area (Å²) in [5, 5.41) is 13.8. The largest absolute Gasteiger partial charge is 0.872 e. The zero-order valence-corrected chi connectivity index (χ0v) is 18.5. The number of benzene rings is 2. The highest BCUT2D eigenvalue weighted by Gasteiger charge is 2.44. The van der Waals surface area contributed by atoms with E-state index in [1.807, 2.05) is 38.4 Å². The smallest absolute Gasteiger partial charge is 0.295 e. The molecule has 1 atom stereocenters. The van der Waals surface area contributed by atoms with E-state index < -0.39 is 23.5 Å². The summed E-state index contributed by atoms with van der Waals surface area (Å²) in [4.78, 5) is 28.5. The predicted octanol–water partition coefficient (Wildman–Crippen LogP) is 1.83. The second-order valence-electron chi connectivity index (χ2n) is 8.26. The van der Waals surface area contributed by atoms with Crippen molar-refractivity contribution in [3.05, 3.63) is 75.8 Å². The molecule has 2 aromatic carbocycles. The van der Waals surface area contributed by atoms with Gasteiger partial charge in [-0.1, -0.05) is 67.6 Å². The molecular formula is C24H27ClN2O3. The van der Waals surface area contributed by atoms with Crippen LogP contribution in [0.15, 0.2) is 54.1 Å². The standard InChI is InChI=1S/C24H27ClN2O3/c1-15(2)16-5-7-17(8-6-16)21-20(22(28)18-9-11-19(25)12-10-18)23(29)24(30)27(21)14-13-26(3)4/h5-12,15,21,28H,13-14H2,1-4H3. The van der Waals surface area contributed by atoms with E-state index in [-0.39, 0.29) is 5.57 Å². The Balaban J connectivity index is 2.12. The fourth-order valence-electron chi connectivity index (χ4n) is 3.61. The Bertz CT molecular complexity index is 963. The highest BCUT2D eigenvalue weighted by molar-refractivity contribution is 6.46. The molecule has 158 valence electrons. The minimum atomic E-state index is -0.721. The Morgan fingerprint density at radius 2 is 1.67 bits per heavy atom. The lowest BCUT2D eigenvalue weighted by atomic mass is 9.93. The lowest BCUT2D eigenvalue weighted by Gasteiger charge is -2.28. The molecule has 2 aromatic rings. The van der Waals surface area contributed by atoms with Crippen molar-refractivity contribution in [2.24, 2.45) is 0 Å². The summed E-state index contributed by atoms with van der Waals surface area (Å²) in [5.74, 6) is -1.41. The number of hydrogen-bond acceptors (Lipinski definition) is 3. The quantitative estimate of drug-likeness (QED) is 0.435. The topological polar surface area (TPSA) is 64.9 Å². The van der Waals surface area contributed by atoms with Gasteiger partial charge in [-0.05, 0) is 34.7 Å². The summed E-state index contributed by atoms with van der Waals surface area (Å²) in [5.41, 5.74) is 2.28. The van der Waals surface area contributed by atoms with E-state index >= 15 is 0 Å². The van der Waals surface area contributed by atoms with Gasteiger partial charge >= 0.3 is 0 Å². The van der Waals surface area contributed by atoms with E-state index in [0.717, 1.165) is 16.0 Å². The molecule has 1 heterocycles. The lowest BCUT2D eigenvalue weighted by Crippen LogP contribution is -3.06.